The molecule has 0 unspecified atom stereocenters. The van der Waals surface area contributed by atoms with Gasteiger partial charge in [0.2, 0.25) is 0 Å². The molecule has 0 spiro atoms. The van der Waals surface area contributed by atoms with Gasteiger partial charge >= 0.3 is 0 Å². The lowest BCUT2D eigenvalue weighted by molar-refractivity contribution is -0.133. The van der Waals surface area contributed by atoms with Gasteiger partial charge in [-0.3, -0.25) is 14.5 Å². The van der Waals surface area contributed by atoms with E-state index in [1.165, 1.54) is 0 Å². The number of hydrogen-bond donors (Lipinski definition) is 0. The highest BCUT2D eigenvalue weighted by Crippen LogP contribution is 2.33. The van der Waals surface area contributed by atoms with Gasteiger partial charge in [0, 0.05) is 45.8 Å². The van der Waals surface area contributed by atoms with Crippen LogP contribution >= 0.6 is 11.6 Å². The van der Waals surface area contributed by atoms with Crippen LogP contribution in [-0.2, 0) is 16.6 Å². The molecule has 3 aromatic rings. The molecule has 0 saturated carbocycles. The Bertz CT molecular complexity index is 1350. The number of ether oxygens (including phenoxy) is 1. The van der Waals surface area contributed by atoms with Crippen LogP contribution in [0.15, 0.2) is 72.0 Å². The number of halogens is 1. The summed E-state index contributed by atoms with van der Waals surface area (Å²) < 4.78 is 7.47. The number of aryl methyl sites for hydroxylation is 2. The minimum atomic E-state index is -0.264. The molecule has 8 nitrogen and oxygen atoms in total. The molecule has 1 atom stereocenters. The molecule has 204 valence electrons. The van der Waals surface area contributed by atoms with Crippen molar-refractivity contribution >= 4 is 29.1 Å². The second kappa shape index (κ2) is 12.2. The van der Waals surface area contributed by atoms with Gasteiger partial charge in [-0.15, -0.1) is 0 Å². The molecule has 0 radical (unpaired) electrons. The Hall–Kier alpha value is -3.46. The Morgan fingerprint density at radius 3 is 2.49 bits per heavy atom. The van der Waals surface area contributed by atoms with Gasteiger partial charge in [-0.2, -0.15) is 5.10 Å². The first kappa shape index (κ1) is 27.1. The summed E-state index contributed by atoms with van der Waals surface area (Å²) in [5, 5.41) is 6.75. The number of rotatable bonds is 8. The van der Waals surface area contributed by atoms with Crippen LogP contribution < -0.4 is 0 Å². The molecular weight excluding hydrogens is 514 g/mol. The first-order valence-electron chi connectivity index (χ1n) is 13.3. The van der Waals surface area contributed by atoms with E-state index in [0.717, 1.165) is 35.6 Å². The van der Waals surface area contributed by atoms with E-state index in [1.807, 2.05) is 49.0 Å². The van der Waals surface area contributed by atoms with Crippen LogP contribution in [0.3, 0.4) is 0 Å². The van der Waals surface area contributed by atoms with Crippen molar-refractivity contribution in [3.63, 3.8) is 0 Å². The maximum absolute atomic E-state index is 13.9. The lowest BCUT2D eigenvalue weighted by atomic mass is 9.99. The molecule has 5 rings (SSSR count). The number of amides is 2. The fraction of sp³-hybridized carbons (Fsp3) is 0.367. The van der Waals surface area contributed by atoms with Crippen LogP contribution in [0.5, 0.6) is 0 Å². The van der Waals surface area contributed by atoms with Crippen molar-refractivity contribution in [1.82, 2.24) is 19.4 Å². The molecule has 3 heterocycles. The largest absolute Gasteiger partial charge is 0.379 e. The highest BCUT2D eigenvalue weighted by Gasteiger charge is 2.35. The highest BCUT2D eigenvalue weighted by molar-refractivity contribution is 6.33. The normalized spacial score (nSPS) is 17.8. The van der Waals surface area contributed by atoms with E-state index in [-0.39, 0.29) is 24.4 Å². The number of morpholine rings is 1. The number of hydrogen-bond acceptors (Lipinski definition) is 5. The van der Waals surface area contributed by atoms with Crippen LogP contribution in [0.4, 0.5) is 0 Å². The number of carbonyl (C=O) groups is 2. The van der Waals surface area contributed by atoms with Crippen LogP contribution in [0.25, 0.3) is 0 Å². The topological polar surface area (TPSA) is 70.4 Å². The first-order valence-corrected chi connectivity index (χ1v) is 13.7. The van der Waals surface area contributed by atoms with Gasteiger partial charge in [-0.05, 0) is 36.8 Å². The maximum atomic E-state index is 13.9. The van der Waals surface area contributed by atoms with Crippen molar-refractivity contribution in [2.75, 3.05) is 45.9 Å². The Labute approximate surface area is 234 Å². The molecule has 1 saturated heterocycles. The summed E-state index contributed by atoms with van der Waals surface area (Å²) in [6, 6.07) is 18.9. The molecule has 2 aromatic carbocycles. The minimum absolute atomic E-state index is 0.0966. The minimum Gasteiger partial charge on any atom is -0.379 e. The van der Waals surface area contributed by atoms with Crippen molar-refractivity contribution < 1.29 is 14.3 Å². The van der Waals surface area contributed by atoms with Gasteiger partial charge in [-0.1, -0.05) is 53.6 Å². The third-order valence-electron chi connectivity index (χ3n) is 7.37. The van der Waals surface area contributed by atoms with E-state index >= 15 is 0 Å². The smallest absolute Gasteiger partial charge is 0.262 e. The summed E-state index contributed by atoms with van der Waals surface area (Å²) >= 11 is 6.39. The van der Waals surface area contributed by atoms with Crippen molar-refractivity contribution in [2.24, 2.45) is 12.1 Å². The van der Waals surface area contributed by atoms with E-state index in [9.17, 15) is 9.59 Å². The molecule has 2 aliphatic heterocycles. The van der Waals surface area contributed by atoms with Crippen molar-refractivity contribution in [3.05, 3.63) is 94.3 Å². The predicted molar refractivity (Wildman–Crippen MR) is 152 cm³/mol. The average molecular weight is 548 g/mol. The van der Waals surface area contributed by atoms with E-state index in [2.05, 4.69) is 17.0 Å². The summed E-state index contributed by atoms with van der Waals surface area (Å²) in [6.07, 6.45) is 2.57. The number of nitrogens with zero attached hydrogens (tertiary/aromatic N) is 5. The molecule has 1 fully saturated rings. The zero-order valence-corrected chi connectivity index (χ0v) is 23.2. The molecule has 39 heavy (non-hydrogen) atoms. The summed E-state index contributed by atoms with van der Waals surface area (Å²) in [5.41, 5.74) is 4.37. The predicted octanol–water partition coefficient (Wildman–Crippen LogP) is 4.14. The number of carbonyl (C=O) groups excluding carboxylic acids is 2. The van der Waals surface area contributed by atoms with E-state index < -0.39 is 0 Å². The molecule has 0 aliphatic carbocycles. The van der Waals surface area contributed by atoms with E-state index in [4.69, 9.17) is 21.4 Å². The second-order valence-corrected chi connectivity index (χ2v) is 10.5. The van der Waals surface area contributed by atoms with Gasteiger partial charge in [0.25, 0.3) is 11.8 Å². The molecule has 0 N–H and O–H groups in total. The quantitative estimate of drug-likeness (QED) is 0.425. The van der Waals surface area contributed by atoms with Crippen LogP contribution in [0.2, 0.25) is 5.02 Å². The van der Waals surface area contributed by atoms with Gasteiger partial charge < -0.3 is 14.2 Å². The molecule has 2 amide bonds. The average Bonchev–Trinajstić information content (AvgIpc) is 3.58. The van der Waals surface area contributed by atoms with Crippen LogP contribution in [0, 0.1) is 6.92 Å². The first-order chi connectivity index (χ1) is 18.9. The number of aromatic nitrogens is 1. The molecular formula is C30H34ClN5O3. The molecule has 2 aliphatic rings. The monoisotopic (exact) mass is 547 g/mol. The zero-order valence-electron chi connectivity index (χ0n) is 22.4. The zero-order chi connectivity index (χ0) is 27.4. The SMILES string of the molecule is Cc1ccc([C@@H]2CC(c3cccn3C)=NN2C(=O)CN(CCN2CCOCC2)C(=O)c2ccccc2Cl)cc1. The van der Waals surface area contributed by atoms with E-state index in [1.54, 1.807) is 34.2 Å². The number of hydrazone groups is 1. The number of benzene rings is 2. The summed E-state index contributed by atoms with van der Waals surface area (Å²) in [4.78, 5) is 31.4. The Morgan fingerprint density at radius 2 is 1.79 bits per heavy atom. The Balaban J connectivity index is 1.41. The highest BCUT2D eigenvalue weighted by atomic mass is 35.5. The van der Waals surface area contributed by atoms with Crippen LogP contribution in [0.1, 0.15) is 39.6 Å². The lowest BCUT2D eigenvalue weighted by Crippen LogP contribution is -2.46. The van der Waals surface area contributed by atoms with Gasteiger partial charge in [-0.25, -0.2) is 5.01 Å². The standard InChI is InChI=1S/C30H34ClN5O3/c1-22-9-11-23(12-10-22)28-20-26(27-8-5-13-33(27)2)32-36(28)29(37)21-35(15-14-34-16-18-39-19-17-34)30(38)24-6-3-4-7-25(24)31/h3-13,28H,14-21H2,1-2H3/t28-/m0/s1. The Morgan fingerprint density at radius 1 is 1.05 bits per heavy atom. The summed E-state index contributed by atoms with van der Waals surface area (Å²) in [6.45, 7) is 5.92. The summed E-state index contributed by atoms with van der Waals surface area (Å²) in [7, 11) is 1.97. The Kier molecular flexibility index (Phi) is 8.45. The van der Waals surface area contributed by atoms with Gasteiger partial charge in [0.15, 0.2) is 0 Å². The maximum Gasteiger partial charge on any atom is 0.262 e. The molecule has 0 bridgehead atoms. The van der Waals surface area contributed by atoms with Crippen molar-refractivity contribution in [2.45, 2.75) is 19.4 Å². The van der Waals surface area contributed by atoms with E-state index in [0.29, 0.717) is 43.3 Å². The third kappa shape index (κ3) is 6.24. The second-order valence-electron chi connectivity index (χ2n) is 10.1. The fourth-order valence-corrected chi connectivity index (χ4v) is 5.30. The van der Waals surface area contributed by atoms with Gasteiger partial charge in [0.05, 0.1) is 41.2 Å². The van der Waals surface area contributed by atoms with Crippen molar-refractivity contribution in [1.29, 1.82) is 0 Å². The fourth-order valence-electron chi connectivity index (χ4n) is 5.08. The van der Waals surface area contributed by atoms with Crippen molar-refractivity contribution in [3.8, 4) is 0 Å². The van der Waals surface area contributed by atoms with Gasteiger partial charge in [0.1, 0.15) is 6.54 Å². The van der Waals surface area contributed by atoms with Crippen LogP contribution in [-0.4, -0.2) is 82.8 Å². The third-order valence-corrected chi connectivity index (χ3v) is 7.70. The summed E-state index contributed by atoms with van der Waals surface area (Å²) in [5.74, 6) is -0.493. The molecule has 1 aromatic heterocycles. The molecule has 9 heteroatoms. The lowest BCUT2D eigenvalue weighted by Gasteiger charge is -2.31.